The lowest BCUT2D eigenvalue weighted by Gasteiger charge is -2.04. The zero-order chi connectivity index (χ0) is 14.1. The minimum atomic E-state index is -0.833. The van der Waals surface area contributed by atoms with Gasteiger partial charge in [-0.15, -0.1) is 0 Å². The molecule has 1 aromatic heterocycles. The average molecular weight is 261 g/mol. The molecule has 0 amide bonds. The number of aliphatic hydroxyl groups is 1. The highest BCUT2D eigenvalue weighted by Crippen LogP contribution is 2.18. The van der Waals surface area contributed by atoms with Crippen molar-refractivity contribution in [3.8, 4) is 11.6 Å². The Morgan fingerprint density at radius 3 is 2.37 bits per heavy atom. The van der Waals surface area contributed by atoms with Crippen LogP contribution < -0.4 is 4.74 Å². The molecule has 2 aromatic rings. The number of aliphatic carboxylic acids is 1. The number of pyridine rings is 1. The summed E-state index contributed by atoms with van der Waals surface area (Å²) >= 11 is 0. The maximum Gasteiger partial charge on any atom is 0.300 e. The Labute approximate surface area is 111 Å². The van der Waals surface area contributed by atoms with Crippen molar-refractivity contribution in [1.29, 1.82) is 0 Å². The molecule has 2 rings (SSSR count). The van der Waals surface area contributed by atoms with E-state index < -0.39 is 5.97 Å². The van der Waals surface area contributed by atoms with Crippen LogP contribution in [-0.2, 0) is 11.4 Å². The van der Waals surface area contributed by atoms with Gasteiger partial charge in [0.1, 0.15) is 5.75 Å². The summed E-state index contributed by atoms with van der Waals surface area (Å²) in [4.78, 5) is 13.1. The Bertz CT molecular complexity index is 510. The number of carboxylic acid groups (broad SMARTS) is 1. The fourth-order valence-corrected chi connectivity index (χ4v) is 1.21. The number of aliphatic hydroxyl groups excluding tert-OH is 1. The number of hydrogen-bond donors (Lipinski definition) is 2. The van der Waals surface area contributed by atoms with Gasteiger partial charge in [0.15, 0.2) is 0 Å². The van der Waals surface area contributed by atoms with Gasteiger partial charge in [0, 0.05) is 13.0 Å². The molecule has 0 fully saturated rings. The molecule has 100 valence electrons. The first-order chi connectivity index (χ1) is 9.11. The van der Waals surface area contributed by atoms with E-state index in [4.69, 9.17) is 19.7 Å². The highest BCUT2D eigenvalue weighted by Gasteiger charge is 1.98. The molecule has 19 heavy (non-hydrogen) atoms. The molecule has 5 nitrogen and oxygen atoms in total. The van der Waals surface area contributed by atoms with E-state index in [1.807, 2.05) is 30.3 Å². The van der Waals surface area contributed by atoms with Gasteiger partial charge >= 0.3 is 0 Å². The van der Waals surface area contributed by atoms with Crippen LogP contribution in [0.5, 0.6) is 11.6 Å². The van der Waals surface area contributed by atoms with Gasteiger partial charge in [-0.1, -0.05) is 24.3 Å². The highest BCUT2D eigenvalue weighted by molar-refractivity contribution is 5.62. The lowest BCUT2D eigenvalue weighted by molar-refractivity contribution is -0.134. The minimum absolute atomic E-state index is 0.0774. The van der Waals surface area contributed by atoms with Crippen molar-refractivity contribution in [1.82, 2.24) is 4.98 Å². The van der Waals surface area contributed by atoms with Crippen LogP contribution >= 0.6 is 0 Å². The van der Waals surface area contributed by atoms with Gasteiger partial charge in [0.2, 0.25) is 5.88 Å². The fraction of sp³-hybridized carbons (Fsp3) is 0.143. The number of rotatable bonds is 3. The van der Waals surface area contributed by atoms with Gasteiger partial charge < -0.3 is 14.9 Å². The normalized spacial score (nSPS) is 9.16. The van der Waals surface area contributed by atoms with E-state index in [-0.39, 0.29) is 6.61 Å². The Hall–Kier alpha value is -2.40. The summed E-state index contributed by atoms with van der Waals surface area (Å²) in [6.45, 7) is 1.01. The smallest absolute Gasteiger partial charge is 0.300 e. The van der Waals surface area contributed by atoms with Gasteiger partial charge in [0.25, 0.3) is 5.97 Å². The summed E-state index contributed by atoms with van der Waals surface area (Å²) in [5.74, 6) is 0.396. The second kappa shape index (κ2) is 7.84. The van der Waals surface area contributed by atoms with E-state index in [0.717, 1.165) is 12.7 Å². The van der Waals surface area contributed by atoms with Crippen LogP contribution in [0.3, 0.4) is 0 Å². The minimum Gasteiger partial charge on any atom is -0.481 e. The Morgan fingerprint density at radius 1 is 1.16 bits per heavy atom. The van der Waals surface area contributed by atoms with Crippen molar-refractivity contribution in [3.05, 3.63) is 54.2 Å². The highest BCUT2D eigenvalue weighted by atomic mass is 16.5. The first-order valence-corrected chi connectivity index (χ1v) is 5.61. The van der Waals surface area contributed by atoms with E-state index in [0.29, 0.717) is 11.6 Å². The first kappa shape index (κ1) is 14.7. The number of carboxylic acids is 1. The third-order valence-electron chi connectivity index (χ3n) is 1.91. The molecule has 2 N–H and O–H groups in total. The van der Waals surface area contributed by atoms with Gasteiger partial charge in [0.05, 0.1) is 12.3 Å². The van der Waals surface area contributed by atoms with Gasteiger partial charge in [-0.2, -0.15) is 0 Å². The summed E-state index contributed by atoms with van der Waals surface area (Å²) in [5, 5.41) is 16.3. The zero-order valence-electron chi connectivity index (χ0n) is 10.5. The number of nitrogens with zero attached hydrogens (tertiary/aromatic N) is 1. The van der Waals surface area contributed by atoms with Crippen LogP contribution in [0.1, 0.15) is 12.6 Å². The summed E-state index contributed by atoms with van der Waals surface area (Å²) in [7, 11) is 0. The van der Waals surface area contributed by atoms with E-state index in [2.05, 4.69) is 4.98 Å². The van der Waals surface area contributed by atoms with Crippen LogP contribution in [0.25, 0.3) is 0 Å². The van der Waals surface area contributed by atoms with E-state index >= 15 is 0 Å². The molecule has 0 aliphatic carbocycles. The van der Waals surface area contributed by atoms with E-state index in [1.165, 1.54) is 0 Å². The number of hydrogen-bond acceptors (Lipinski definition) is 4. The molecule has 0 radical (unpaired) electrons. The van der Waals surface area contributed by atoms with E-state index in [9.17, 15) is 0 Å². The fourth-order valence-electron chi connectivity index (χ4n) is 1.21. The maximum absolute atomic E-state index is 9.00. The Kier molecular flexibility index (Phi) is 6.05. The Morgan fingerprint density at radius 2 is 1.79 bits per heavy atom. The van der Waals surface area contributed by atoms with Crippen LogP contribution in [0.15, 0.2) is 48.5 Å². The summed E-state index contributed by atoms with van der Waals surface area (Å²) in [6, 6.07) is 14.7. The molecule has 0 saturated carbocycles. The van der Waals surface area contributed by atoms with Crippen LogP contribution in [0.4, 0.5) is 0 Å². The molecule has 0 unspecified atom stereocenters. The van der Waals surface area contributed by atoms with Crippen molar-refractivity contribution in [2.45, 2.75) is 13.5 Å². The molecule has 0 spiro atoms. The summed E-state index contributed by atoms with van der Waals surface area (Å²) < 4.78 is 5.50. The number of ether oxygens (including phenoxy) is 1. The lowest BCUT2D eigenvalue weighted by atomic mass is 10.3. The topological polar surface area (TPSA) is 79.7 Å². The van der Waals surface area contributed by atoms with Gasteiger partial charge in [-0.25, -0.2) is 4.98 Å². The Balaban J connectivity index is 0.000000399. The second-order valence-corrected chi connectivity index (χ2v) is 3.56. The summed E-state index contributed by atoms with van der Waals surface area (Å²) in [6.07, 6.45) is 0. The van der Waals surface area contributed by atoms with Crippen molar-refractivity contribution in [2.24, 2.45) is 0 Å². The molecule has 0 atom stereocenters. The van der Waals surface area contributed by atoms with Crippen LogP contribution in [-0.4, -0.2) is 21.2 Å². The standard InChI is InChI=1S/C12H11NO2.C2H4O2/c14-9-10-5-4-8-12(13-10)15-11-6-2-1-3-7-11;1-2(3)4/h1-8,14H,9H2;1H3,(H,3,4). The van der Waals surface area contributed by atoms with Gasteiger partial charge in [-0.3, -0.25) is 4.79 Å². The summed E-state index contributed by atoms with van der Waals surface area (Å²) in [5.41, 5.74) is 0.600. The molecule has 0 aliphatic rings. The van der Waals surface area contributed by atoms with Crippen LogP contribution in [0.2, 0.25) is 0 Å². The second-order valence-electron chi connectivity index (χ2n) is 3.56. The molecular formula is C14H15NO4. The molecule has 5 heteroatoms. The quantitative estimate of drug-likeness (QED) is 0.887. The van der Waals surface area contributed by atoms with Crippen LogP contribution in [0, 0.1) is 0 Å². The van der Waals surface area contributed by atoms with Gasteiger partial charge in [-0.05, 0) is 18.2 Å². The molecule has 0 bridgehead atoms. The predicted molar refractivity (Wildman–Crippen MR) is 70.0 cm³/mol. The van der Waals surface area contributed by atoms with Crippen molar-refractivity contribution in [3.63, 3.8) is 0 Å². The van der Waals surface area contributed by atoms with Crippen molar-refractivity contribution in [2.75, 3.05) is 0 Å². The molecule has 1 aromatic carbocycles. The number of benzene rings is 1. The monoisotopic (exact) mass is 261 g/mol. The lowest BCUT2D eigenvalue weighted by Crippen LogP contribution is -1.92. The van der Waals surface area contributed by atoms with E-state index in [1.54, 1.807) is 18.2 Å². The third-order valence-corrected chi connectivity index (χ3v) is 1.91. The maximum atomic E-state index is 9.00. The third kappa shape index (κ3) is 6.18. The number of aromatic nitrogens is 1. The number of para-hydroxylation sites is 1. The molecule has 0 aliphatic heterocycles. The number of carbonyl (C=O) groups is 1. The molecule has 0 saturated heterocycles. The predicted octanol–water partition coefficient (Wildman–Crippen LogP) is 2.46. The van der Waals surface area contributed by atoms with Crippen molar-refractivity contribution < 1.29 is 19.7 Å². The SMILES string of the molecule is CC(=O)O.OCc1cccc(Oc2ccccc2)n1. The zero-order valence-corrected chi connectivity index (χ0v) is 10.5. The van der Waals surface area contributed by atoms with Crippen molar-refractivity contribution >= 4 is 5.97 Å². The average Bonchev–Trinajstić information content (AvgIpc) is 2.39. The largest absolute Gasteiger partial charge is 0.481 e. The molecular weight excluding hydrogens is 246 g/mol. The molecule has 1 heterocycles. The first-order valence-electron chi connectivity index (χ1n) is 5.61.